The predicted octanol–water partition coefficient (Wildman–Crippen LogP) is 2.33. The summed E-state index contributed by atoms with van der Waals surface area (Å²) in [5.41, 5.74) is 1.49. The Labute approximate surface area is 171 Å². The Morgan fingerprint density at radius 2 is 2.07 bits per heavy atom. The van der Waals surface area contributed by atoms with Crippen LogP contribution in [0.15, 0.2) is 29.3 Å². The highest BCUT2D eigenvalue weighted by atomic mass is 16.7. The molecule has 0 unspecified atom stereocenters. The Hall–Kier alpha value is -1.34. The molecule has 6 heteroatoms. The summed E-state index contributed by atoms with van der Waals surface area (Å²) in [6.45, 7) is 6.59. The number of hydrogen-bond acceptors (Lipinski definition) is 6. The lowest BCUT2D eigenvalue weighted by molar-refractivity contribution is -0.268. The van der Waals surface area contributed by atoms with Gasteiger partial charge in [-0.1, -0.05) is 31.2 Å². The maximum atomic E-state index is 13.5. The maximum Gasteiger partial charge on any atom is 0.190 e. The van der Waals surface area contributed by atoms with Crippen LogP contribution in [-0.2, 0) is 14.3 Å². The number of nitrogens with zero attached hydrogens (tertiary/aromatic N) is 1. The third kappa shape index (κ3) is 2.91. The molecule has 2 spiro atoms. The Morgan fingerprint density at radius 3 is 2.86 bits per heavy atom. The molecule has 0 amide bonds. The number of carbonyl (C=O) groups is 1. The van der Waals surface area contributed by atoms with Crippen molar-refractivity contribution in [2.24, 2.45) is 22.2 Å². The second kappa shape index (κ2) is 6.84. The van der Waals surface area contributed by atoms with Crippen LogP contribution in [-0.4, -0.2) is 58.5 Å². The van der Waals surface area contributed by atoms with Crippen molar-refractivity contribution in [1.82, 2.24) is 0 Å². The molecule has 0 saturated carbocycles. The Balaban J connectivity index is 1.67. The summed E-state index contributed by atoms with van der Waals surface area (Å²) < 4.78 is 12.9. The van der Waals surface area contributed by atoms with Gasteiger partial charge in [0.2, 0.25) is 0 Å². The van der Waals surface area contributed by atoms with Crippen molar-refractivity contribution in [1.29, 1.82) is 0 Å². The number of aliphatic hydroxyl groups is 2. The van der Waals surface area contributed by atoms with E-state index in [4.69, 9.17) is 14.5 Å². The van der Waals surface area contributed by atoms with Crippen molar-refractivity contribution in [2.75, 3.05) is 6.54 Å². The van der Waals surface area contributed by atoms with E-state index in [1.54, 1.807) is 0 Å². The summed E-state index contributed by atoms with van der Waals surface area (Å²) in [4.78, 5) is 18.2. The monoisotopic (exact) mass is 401 g/mol. The Morgan fingerprint density at radius 1 is 1.24 bits per heavy atom. The highest BCUT2D eigenvalue weighted by Gasteiger charge is 2.60. The molecule has 158 valence electrons. The number of aliphatic imine (C=N–C) groups is 1. The fraction of sp³-hybridized carbons (Fsp3) is 0.739. The van der Waals surface area contributed by atoms with Crippen LogP contribution >= 0.6 is 0 Å². The van der Waals surface area contributed by atoms with E-state index in [0.29, 0.717) is 25.8 Å². The van der Waals surface area contributed by atoms with Crippen LogP contribution in [0, 0.1) is 17.3 Å². The molecule has 5 rings (SSSR count). The van der Waals surface area contributed by atoms with Gasteiger partial charge in [-0.2, -0.15) is 0 Å². The van der Waals surface area contributed by atoms with Crippen LogP contribution in [0.4, 0.5) is 0 Å². The fourth-order valence-corrected chi connectivity index (χ4v) is 6.43. The van der Waals surface area contributed by atoms with Gasteiger partial charge in [-0.25, -0.2) is 0 Å². The normalized spacial score (nSPS) is 49.4. The largest absolute Gasteiger partial charge is 0.387 e. The third-order valence-electron chi connectivity index (χ3n) is 8.01. The van der Waals surface area contributed by atoms with Gasteiger partial charge in [0, 0.05) is 36.4 Å². The Bertz CT molecular complexity index is 790. The molecule has 8 atom stereocenters. The molecular weight excluding hydrogens is 370 g/mol. The summed E-state index contributed by atoms with van der Waals surface area (Å²) in [5.74, 6) is -1.50. The van der Waals surface area contributed by atoms with Crippen molar-refractivity contribution in [2.45, 2.75) is 82.1 Å². The third-order valence-corrected chi connectivity index (χ3v) is 8.01. The summed E-state index contributed by atoms with van der Waals surface area (Å²) >= 11 is 0. The fourth-order valence-electron chi connectivity index (χ4n) is 6.43. The number of fused-ring (bicyclic) bond motifs is 3. The zero-order chi connectivity index (χ0) is 20.4. The summed E-state index contributed by atoms with van der Waals surface area (Å²) in [7, 11) is 0. The molecule has 29 heavy (non-hydrogen) atoms. The molecule has 4 heterocycles. The number of ether oxygens (including phenoxy) is 2. The minimum atomic E-state index is -1.07. The van der Waals surface area contributed by atoms with Gasteiger partial charge in [-0.05, 0) is 38.0 Å². The molecule has 3 saturated heterocycles. The first-order valence-corrected chi connectivity index (χ1v) is 11.0. The van der Waals surface area contributed by atoms with Crippen molar-refractivity contribution in [3.8, 4) is 0 Å². The van der Waals surface area contributed by atoms with Gasteiger partial charge in [0.05, 0.1) is 12.2 Å². The van der Waals surface area contributed by atoms with E-state index in [-0.39, 0.29) is 23.7 Å². The van der Waals surface area contributed by atoms with Crippen molar-refractivity contribution in [3.05, 3.63) is 24.3 Å². The number of hydrogen-bond donors (Lipinski definition) is 2. The maximum absolute atomic E-state index is 13.5. The molecule has 6 nitrogen and oxygen atoms in total. The number of ketones is 1. The van der Waals surface area contributed by atoms with Gasteiger partial charge in [-0.15, -0.1) is 0 Å². The minimum absolute atomic E-state index is 0.0486. The number of carbonyl (C=O) groups excluding carboxylic acids is 1. The molecule has 1 aliphatic carbocycles. The van der Waals surface area contributed by atoms with E-state index in [2.05, 4.69) is 12.7 Å². The zero-order valence-electron chi connectivity index (χ0n) is 17.0. The molecule has 3 bridgehead atoms. The standard InChI is InChI=1S/C23H31NO5/c1-3-14-4-6-22-8-9-24-21(22)17(26)12-23-7-5-18(28-23)13(2)10-16(25)19(27)20(29-23)15(22)11-14/h3,11,13,15-18,20,25-26H,1,4-10,12H2,2H3/t13-,15+,16+,17-,18-,20-,22+,23+/m0/s1. The predicted molar refractivity (Wildman–Crippen MR) is 107 cm³/mol. The lowest BCUT2D eigenvalue weighted by Gasteiger charge is -2.49. The van der Waals surface area contributed by atoms with Crippen LogP contribution < -0.4 is 0 Å². The van der Waals surface area contributed by atoms with Gasteiger partial charge >= 0.3 is 0 Å². The molecule has 0 aromatic rings. The zero-order valence-corrected chi connectivity index (χ0v) is 17.0. The molecule has 0 aromatic heterocycles. The first-order valence-electron chi connectivity index (χ1n) is 11.0. The second-order valence-electron chi connectivity index (χ2n) is 9.64. The highest BCUT2D eigenvalue weighted by molar-refractivity contribution is 5.98. The lowest BCUT2D eigenvalue weighted by Crippen LogP contribution is -2.58. The quantitative estimate of drug-likeness (QED) is 0.704. The van der Waals surface area contributed by atoms with E-state index in [1.807, 2.05) is 13.0 Å². The van der Waals surface area contributed by atoms with Gasteiger partial charge in [0.15, 0.2) is 11.6 Å². The van der Waals surface area contributed by atoms with Gasteiger partial charge in [0.25, 0.3) is 0 Å². The van der Waals surface area contributed by atoms with E-state index in [0.717, 1.165) is 37.0 Å². The van der Waals surface area contributed by atoms with Crippen molar-refractivity contribution >= 4 is 11.5 Å². The molecule has 2 N–H and O–H groups in total. The molecule has 0 radical (unpaired) electrons. The SMILES string of the molecule is C=CC1=C[C@@H]2[C@@H]3O[C@]4(CC[C@H](O4)[C@@H](C)C[C@@H](O)C3=O)C[C@H](O)C3=NCC[C@@]32CC1. The van der Waals surface area contributed by atoms with Crippen LogP contribution in [0.2, 0.25) is 0 Å². The van der Waals surface area contributed by atoms with E-state index >= 15 is 0 Å². The second-order valence-corrected chi connectivity index (χ2v) is 9.64. The summed E-state index contributed by atoms with van der Waals surface area (Å²) in [6.07, 6.45) is 5.79. The first-order chi connectivity index (χ1) is 13.9. The van der Waals surface area contributed by atoms with Gasteiger partial charge < -0.3 is 19.7 Å². The van der Waals surface area contributed by atoms with E-state index < -0.39 is 29.5 Å². The summed E-state index contributed by atoms with van der Waals surface area (Å²) in [5, 5.41) is 22.0. The molecule has 5 aliphatic rings. The minimum Gasteiger partial charge on any atom is -0.387 e. The highest BCUT2D eigenvalue weighted by Crippen LogP contribution is 2.54. The number of aliphatic hydroxyl groups excluding tert-OH is 2. The number of allylic oxidation sites excluding steroid dienone is 2. The van der Waals surface area contributed by atoms with E-state index in [1.165, 1.54) is 0 Å². The number of Topliss-reactive ketones (excluding diaryl/α,β-unsaturated/α-hetero) is 1. The van der Waals surface area contributed by atoms with Crippen LogP contribution in [0.5, 0.6) is 0 Å². The van der Waals surface area contributed by atoms with E-state index in [9.17, 15) is 15.0 Å². The smallest absolute Gasteiger partial charge is 0.190 e. The molecule has 4 aliphatic heterocycles. The van der Waals surface area contributed by atoms with Crippen molar-refractivity contribution < 1.29 is 24.5 Å². The average Bonchev–Trinajstić information content (AvgIpc) is 3.31. The van der Waals surface area contributed by atoms with Gasteiger partial charge in [0.1, 0.15) is 12.2 Å². The Kier molecular flexibility index (Phi) is 4.63. The number of rotatable bonds is 1. The lowest BCUT2D eigenvalue weighted by atomic mass is 9.59. The molecule has 3 fully saturated rings. The van der Waals surface area contributed by atoms with Crippen molar-refractivity contribution in [3.63, 3.8) is 0 Å². The van der Waals surface area contributed by atoms with Crippen LogP contribution in [0.1, 0.15) is 51.9 Å². The van der Waals surface area contributed by atoms with Gasteiger partial charge in [-0.3, -0.25) is 9.79 Å². The first kappa shape index (κ1) is 19.6. The summed E-state index contributed by atoms with van der Waals surface area (Å²) in [6, 6.07) is 0. The van der Waals surface area contributed by atoms with Crippen LogP contribution in [0.3, 0.4) is 0 Å². The average molecular weight is 402 g/mol. The molecular formula is C23H31NO5. The van der Waals surface area contributed by atoms with Crippen LogP contribution in [0.25, 0.3) is 0 Å². The molecule has 0 aromatic carbocycles. The topological polar surface area (TPSA) is 88.3 Å².